The fraction of sp³-hybridized carbons (Fsp3) is 0.588. The molecule has 0 saturated carbocycles. The van der Waals surface area contributed by atoms with Gasteiger partial charge in [0.25, 0.3) is 0 Å². The Bertz CT molecular complexity index is 600. The van der Waals surface area contributed by atoms with E-state index in [0.29, 0.717) is 6.54 Å². The van der Waals surface area contributed by atoms with Crippen LogP contribution in [-0.4, -0.2) is 47.4 Å². The number of carbonyl (C=O) groups excluding carboxylic acids is 3. The lowest BCUT2D eigenvalue weighted by Gasteiger charge is -2.29. The lowest BCUT2D eigenvalue weighted by atomic mass is 9.79. The van der Waals surface area contributed by atoms with Gasteiger partial charge in [0.1, 0.15) is 5.54 Å². The summed E-state index contributed by atoms with van der Waals surface area (Å²) >= 11 is 0. The molecule has 0 spiro atoms. The molecular formula is C17H22N2O4. The Labute approximate surface area is 135 Å². The molecule has 6 nitrogen and oxygen atoms in total. The molecule has 3 aliphatic rings. The van der Waals surface area contributed by atoms with Crippen molar-refractivity contribution in [3.63, 3.8) is 0 Å². The second kappa shape index (κ2) is 5.60. The average molecular weight is 318 g/mol. The summed E-state index contributed by atoms with van der Waals surface area (Å²) < 4.78 is 5.18. The van der Waals surface area contributed by atoms with Gasteiger partial charge in [0.2, 0.25) is 11.8 Å². The predicted octanol–water partition coefficient (Wildman–Crippen LogP) is 0.643. The molecule has 4 atom stereocenters. The summed E-state index contributed by atoms with van der Waals surface area (Å²) in [5.74, 6) is -2.19. The van der Waals surface area contributed by atoms with Crippen LogP contribution < -0.4 is 5.32 Å². The Morgan fingerprint density at radius 3 is 2.48 bits per heavy atom. The van der Waals surface area contributed by atoms with E-state index >= 15 is 0 Å². The predicted molar refractivity (Wildman–Crippen MR) is 83.1 cm³/mol. The minimum Gasteiger partial charge on any atom is -0.465 e. The Balaban J connectivity index is 2.02. The van der Waals surface area contributed by atoms with Crippen molar-refractivity contribution in [3.05, 3.63) is 24.3 Å². The van der Waals surface area contributed by atoms with Crippen molar-refractivity contribution in [1.82, 2.24) is 10.2 Å². The number of rotatable bonds is 4. The van der Waals surface area contributed by atoms with Crippen LogP contribution in [-0.2, 0) is 19.1 Å². The highest BCUT2D eigenvalue weighted by atomic mass is 16.5. The van der Waals surface area contributed by atoms with E-state index in [1.165, 1.54) is 4.90 Å². The Morgan fingerprint density at radius 1 is 1.26 bits per heavy atom. The molecular weight excluding hydrogens is 296 g/mol. The zero-order valence-electron chi connectivity index (χ0n) is 13.6. The van der Waals surface area contributed by atoms with Crippen molar-refractivity contribution in [3.8, 4) is 0 Å². The molecule has 4 unspecified atom stereocenters. The van der Waals surface area contributed by atoms with E-state index in [1.54, 1.807) is 20.8 Å². The number of allylic oxidation sites excluding steroid dienone is 2. The van der Waals surface area contributed by atoms with Crippen LogP contribution in [0.4, 0.5) is 0 Å². The largest absolute Gasteiger partial charge is 0.465 e. The van der Waals surface area contributed by atoms with E-state index in [-0.39, 0.29) is 30.4 Å². The number of nitrogens with one attached hydrogen (secondary N) is 1. The van der Waals surface area contributed by atoms with Gasteiger partial charge in [0.05, 0.1) is 18.4 Å². The number of nitrogens with zero attached hydrogens (tertiary/aromatic N) is 1. The molecule has 2 aliphatic heterocycles. The number of amides is 2. The van der Waals surface area contributed by atoms with E-state index in [2.05, 4.69) is 5.32 Å². The highest BCUT2D eigenvalue weighted by Gasteiger charge is 2.67. The monoisotopic (exact) mass is 318 g/mol. The second-order valence-corrected chi connectivity index (χ2v) is 6.36. The van der Waals surface area contributed by atoms with Crippen molar-refractivity contribution in [2.75, 3.05) is 13.2 Å². The highest BCUT2D eigenvalue weighted by molar-refractivity contribution is 6.09. The molecule has 0 aromatic heterocycles. The molecule has 0 aromatic carbocycles. The molecule has 0 aromatic rings. The third kappa shape index (κ3) is 2.16. The molecule has 0 radical (unpaired) electrons. The zero-order valence-corrected chi connectivity index (χ0v) is 13.6. The number of likely N-dealkylation sites (tertiary alicyclic amines) is 1. The number of hydrogen-bond acceptors (Lipinski definition) is 5. The van der Waals surface area contributed by atoms with Gasteiger partial charge in [-0.1, -0.05) is 24.3 Å². The Hall–Kier alpha value is -1.95. The van der Waals surface area contributed by atoms with Gasteiger partial charge in [-0.25, -0.2) is 0 Å². The van der Waals surface area contributed by atoms with E-state index in [4.69, 9.17) is 4.74 Å². The van der Waals surface area contributed by atoms with Gasteiger partial charge in [0.15, 0.2) is 0 Å². The number of ether oxygens (including phenoxy) is 1. The summed E-state index contributed by atoms with van der Waals surface area (Å²) in [6.07, 6.45) is 7.80. The van der Waals surface area contributed by atoms with E-state index < -0.39 is 23.3 Å². The highest BCUT2D eigenvalue weighted by Crippen LogP contribution is 2.46. The standard InChI is InChI=1S/C17H22N2O4/c1-4-19-14(20)11-12(15(19)21)17(3,16(22)23-5-2)18-13(11)10-8-6-7-9-10/h6-13,18H,4-5H2,1-3H3. The van der Waals surface area contributed by atoms with Gasteiger partial charge in [-0.15, -0.1) is 0 Å². The molecule has 23 heavy (non-hydrogen) atoms. The van der Waals surface area contributed by atoms with Crippen molar-refractivity contribution in [2.24, 2.45) is 17.8 Å². The van der Waals surface area contributed by atoms with Crippen LogP contribution >= 0.6 is 0 Å². The van der Waals surface area contributed by atoms with Crippen LogP contribution in [0.15, 0.2) is 24.3 Å². The van der Waals surface area contributed by atoms with Crippen LogP contribution in [0.2, 0.25) is 0 Å². The molecule has 1 aliphatic carbocycles. The quantitative estimate of drug-likeness (QED) is 0.608. The molecule has 2 amide bonds. The summed E-state index contributed by atoms with van der Waals surface area (Å²) in [6.45, 7) is 5.74. The summed E-state index contributed by atoms with van der Waals surface area (Å²) in [5.41, 5.74) is -1.17. The van der Waals surface area contributed by atoms with Crippen LogP contribution in [0.3, 0.4) is 0 Å². The first-order valence-electron chi connectivity index (χ1n) is 8.10. The summed E-state index contributed by atoms with van der Waals surface area (Å²) in [5, 5.41) is 3.26. The normalized spacial score (nSPS) is 36.1. The average Bonchev–Trinajstić information content (AvgIpc) is 3.18. The first-order chi connectivity index (χ1) is 11.0. The van der Waals surface area contributed by atoms with Gasteiger partial charge in [-0.2, -0.15) is 0 Å². The lowest BCUT2D eigenvalue weighted by Crippen LogP contribution is -2.56. The van der Waals surface area contributed by atoms with E-state index in [0.717, 1.165) is 0 Å². The van der Waals surface area contributed by atoms with Crippen LogP contribution in [0.25, 0.3) is 0 Å². The smallest absolute Gasteiger partial charge is 0.326 e. The fourth-order valence-corrected chi connectivity index (χ4v) is 4.05. The maximum Gasteiger partial charge on any atom is 0.326 e. The third-order valence-corrected chi connectivity index (χ3v) is 5.13. The van der Waals surface area contributed by atoms with Gasteiger partial charge >= 0.3 is 5.97 Å². The molecule has 2 heterocycles. The van der Waals surface area contributed by atoms with Crippen molar-refractivity contribution in [1.29, 1.82) is 0 Å². The summed E-state index contributed by atoms with van der Waals surface area (Å²) in [6, 6.07) is -0.280. The zero-order chi connectivity index (χ0) is 16.8. The fourth-order valence-electron chi connectivity index (χ4n) is 4.05. The van der Waals surface area contributed by atoms with Gasteiger partial charge in [-0.05, 0) is 20.8 Å². The van der Waals surface area contributed by atoms with E-state index in [1.807, 2.05) is 24.3 Å². The molecule has 2 saturated heterocycles. The van der Waals surface area contributed by atoms with Crippen molar-refractivity contribution in [2.45, 2.75) is 32.4 Å². The minimum absolute atomic E-state index is 0.00712. The molecule has 3 rings (SSSR count). The molecule has 0 bridgehead atoms. The van der Waals surface area contributed by atoms with Gasteiger partial charge in [0, 0.05) is 18.5 Å². The van der Waals surface area contributed by atoms with Crippen LogP contribution in [0, 0.1) is 17.8 Å². The van der Waals surface area contributed by atoms with E-state index in [9.17, 15) is 14.4 Å². The Kier molecular flexibility index (Phi) is 3.88. The number of hydrogen-bond donors (Lipinski definition) is 1. The van der Waals surface area contributed by atoms with Gasteiger partial charge < -0.3 is 4.74 Å². The topological polar surface area (TPSA) is 75.7 Å². The summed E-state index contributed by atoms with van der Waals surface area (Å²) in [4.78, 5) is 39.2. The SMILES string of the molecule is CCOC(=O)C1(C)NC(C2C=CC=C2)C2C(=O)N(CC)C(=O)C21. The van der Waals surface area contributed by atoms with Crippen LogP contribution in [0.5, 0.6) is 0 Å². The molecule has 2 fully saturated rings. The summed E-state index contributed by atoms with van der Waals surface area (Å²) in [7, 11) is 0. The lowest BCUT2D eigenvalue weighted by molar-refractivity contribution is -0.155. The maximum atomic E-state index is 12.7. The number of carbonyl (C=O) groups is 3. The number of imide groups is 1. The minimum atomic E-state index is -1.17. The Morgan fingerprint density at radius 2 is 1.91 bits per heavy atom. The second-order valence-electron chi connectivity index (χ2n) is 6.36. The van der Waals surface area contributed by atoms with Crippen molar-refractivity contribution < 1.29 is 19.1 Å². The molecule has 6 heteroatoms. The first kappa shape index (κ1) is 15.9. The first-order valence-corrected chi connectivity index (χ1v) is 8.10. The number of fused-ring (bicyclic) bond motifs is 1. The maximum absolute atomic E-state index is 12.7. The third-order valence-electron chi connectivity index (χ3n) is 5.13. The molecule has 124 valence electrons. The van der Waals surface area contributed by atoms with Crippen molar-refractivity contribution >= 4 is 17.8 Å². The molecule has 1 N–H and O–H groups in total. The van der Waals surface area contributed by atoms with Crippen LogP contribution in [0.1, 0.15) is 20.8 Å². The van der Waals surface area contributed by atoms with Gasteiger partial charge in [-0.3, -0.25) is 24.6 Å². The number of esters is 1.